The van der Waals surface area contributed by atoms with Crippen LogP contribution in [0.1, 0.15) is 39.0 Å². The zero-order chi connectivity index (χ0) is 16.4. The van der Waals surface area contributed by atoms with Crippen molar-refractivity contribution in [3.8, 4) is 11.8 Å². The number of hydrogen-bond donors (Lipinski definition) is 1. The first-order chi connectivity index (χ1) is 11.1. The molecule has 0 spiro atoms. The minimum Gasteiger partial charge on any atom is -0.481 e. The van der Waals surface area contributed by atoms with Crippen molar-refractivity contribution in [1.29, 1.82) is 0 Å². The molecular weight excluding hydrogens is 294 g/mol. The number of rotatable bonds is 4. The van der Waals surface area contributed by atoms with Crippen molar-refractivity contribution in [3.63, 3.8) is 0 Å². The van der Waals surface area contributed by atoms with Crippen LogP contribution in [0, 0.1) is 11.8 Å². The first-order valence-electron chi connectivity index (χ1n) is 8.54. The maximum atomic E-state index is 10.5. The summed E-state index contributed by atoms with van der Waals surface area (Å²) in [5, 5.41) is 10.5. The van der Waals surface area contributed by atoms with Crippen LogP contribution in [0.25, 0.3) is 0 Å². The minimum atomic E-state index is -0.218. The van der Waals surface area contributed by atoms with Crippen molar-refractivity contribution in [1.82, 2.24) is 9.97 Å². The van der Waals surface area contributed by atoms with Gasteiger partial charge in [0.2, 0.25) is 17.7 Å². The number of methoxy groups -OCH3 is 2. The Balaban J connectivity index is 1.86. The third-order valence-corrected chi connectivity index (χ3v) is 5.26. The van der Waals surface area contributed by atoms with Crippen LogP contribution in [0.3, 0.4) is 0 Å². The average molecular weight is 321 g/mol. The van der Waals surface area contributed by atoms with E-state index in [1.807, 2.05) is 0 Å². The molecule has 1 N–H and O–H groups in total. The lowest BCUT2D eigenvalue weighted by Gasteiger charge is -2.39. The van der Waals surface area contributed by atoms with Crippen LogP contribution in [0.15, 0.2) is 6.07 Å². The summed E-state index contributed by atoms with van der Waals surface area (Å²) >= 11 is 0. The van der Waals surface area contributed by atoms with E-state index >= 15 is 0 Å². The molecule has 6 nitrogen and oxygen atoms in total. The lowest BCUT2D eigenvalue weighted by Crippen LogP contribution is -2.44. The standard InChI is InChI=1S/C17H27N3O3/c1-11-6-7-14(21)12(9-11)13-5-4-8-20(13)17-18-15(22-2)10-16(19-17)23-3/h10-14,21H,4-9H2,1-3H3. The Kier molecular flexibility index (Phi) is 4.90. The average Bonchev–Trinajstić information content (AvgIpc) is 3.06. The van der Waals surface area contributed by atoms with Crippen LogP contribution in [-0.2, 0) is 0 Å². The Morgan fingerprint density at radius 2 is 1.83 bits per heavy atom. The molecule has 1 saturated heterocycles. The van der Waals surface area contributed by atoms with Crippen LogP contribution in [0.4, 0.5) is 5.95 Å². The van der Waals surface area contributed by atoms with Gasteiger partial charge in [-0.2, -0.15) is 9.97 Å². The van der Waals surface area contributed by atoms with E-state index in [0.717, 1.165) is 38.6 Å². The number of aliphatic hydroxyl groups excluding tert-OH is 1. The third-order valence-electron chi connectivity index (χ3n) is 5.26. The van der Waals surface area contributed by atoms with Gasteiger partial charge >= 0.3 is 0 Å². The fraction of sp³-hybridized carbons (Fsp3) is 0.765. The molecule has 0 aromatic carbocycles. The molecule has 128 valence electrons. The van der Waals surface area contributed by atoms with Crippen LogP contribution in [-0.4, -0.2) is 48.0 Å². The summed E-state index contributed by atoms with van der Waals surface area (Å²) < 4.78 is 10.5. The highest BCUT2D eigenvalue weighted by atomic mass is 16.5. The topological polar surface area (TPSA) is 67.7 Å². The van der Waals surface area contributed by atoms with Gasteiger partial charge in [0.05, 0.1) is 26.4 Å². The van der Waals surface area contributed by atoms with Gasteiger partial charge in [-0.1, -0.05) is 6.92 Å². The second kappa shape index (κ2) is 6.91. The molecule has 1 aromatic rings. The van der Waals surface area contributed by atoms with E-state index in [-0.39, 0.29) is 6.10 Å². The summed E-state index contributed by atoms with van der Waals surface area (Å²) in [5.74, 6) is 2.63. The predicted octanol–water partition coefficient (Wildman–Crippen LogP) is 2.26. The molecule has 1 aliphatic heterocycles. The van der Waals surface area contributed by atoms with Gasteiger partial charge in [-0.15, -0.1) is 0 Å². The fourth-order valence-electron chi connectivity index (χ4n) is 4.04. The van der Waals surface area contributed by atoms with Gasteiger partial charge in [-0.05, 0) is 38.0 Å². The summed E-state index contributed by atoms with van der Waals surface area (Å²) in [6.45, 7) is 3.20. The summed E-state index contributed by atoms with van der Waals surface area (Å²) in [6, 6.07) is 1.98. The molecule has 1 saturated carbocycles. The molecule has 0 radical (unpaired) electrons. The second-order valence-electron chi connectivity index (χ2n) is 6.81. The van der Waals surface area contributed by atoms with E-state index < -0.39 is 0 Å². The van der Waals surface area contributed by atoms with Crippen molar-refractivity contribution in [2.45, 2.75) is 51.2 Å². The first kappa shape index (κ1) is 16.3. The number of aliphatic hydroxyl groups is 1. The summed E-state index contributed by atoms with van der Waals surface area (Å²) in [4.78, 5) is 11.2. The Hall–Kier alpha value is -1.56. The molecule has 4 atom stereocenters. The van der Waals surface area contributed by atoms with Gasteiger partial charge in [0, 0.05) is 18.5 Å². The van der Waals surface area contributed by atoms with Crippen LogP contribution >= 0.6 is 0 Å². The summed E-state index contributed by atoms with van der Waals surface area (Å²) in [6.07, 6.45) is 5.06. The maximum Gasteiger partial charge on any atom is 0.232 e. The first-order valence-corrected chi connectivity index (χ1v) is 8.54. The maximum absolute atomic E-state index is 10.5. The van der Waals surface area contributed by atoms with Gasteiger partial charge in [-0.25, -0.2) is 0 Å². The number of ether oxygens (including phenoxy) is 2. The SMILES string of the molecule is COc1cc(OC)nc(N2CCCC2C2CC(C)CCC2O)n1. The highest BCUT2D eigenvalue weighted by Crippen LogP contribution is 2.38. The molecule has 2 aliphatic rings. The van der Waals surface area contributed by atoms with Crippen molar-refractivity contribution in [2.24, 2.45) is 11.8 Å². The summed E-state index contributed by atoms with van der Waals surface area (Å²) in [5.41, 5.74) is 0. The quantitative estimate of drug-likeness (QED) is 0.917. The molecule has 2 fully saturated rings. The Labute approximate surface area is 137 Å². The van der Waals surface area contributed by atoms with Crippen LogP contribution in [0.5, 0.6) is 11.8 Å². The number of nitrogens with zero attached hydrogens (tertiary/aromatic N) is 3. The largest absolute Gasteiger partial charge is 0.481 e. The molecule has 0 amide bonds. The van der Waals surface area contributed by atoms with Gasteiger partial charge in [0.15, 0.2) is 0 Å². The van der Waals surface area contributed by atoms with Crippen LogP contribution in [0.2, 0.25) is 0 Å². The number of anilines is 1. The monoisotopic (exact) mass is 321 g/mol. The lowest BCUT2D eigenvalue weighted by atomic mass is 9.76. The molecule has 2 heterocycles. The zero-order valence-corrected chi connectivity index (χ0v) is 14.2. The Morgan fingerprint density at radius 1 is 1.13 bits per heavy atom. The highest BCUT2D eigenvalue weighted by molar-refractivity contribution is 5.39. The summed E-state index contributed by atoms with van der Waals surface area (Å²) in [7, 11) is 3.19. The molecule has 1 aromatic heterocycles. The molecule has 0 bridgehead atoms. The molecule has 3 rings (SSSR count). The van der Waals surface area contributed by atoms with Gasteiger partial charge in [0.25, 0.3) is 0 Å². The highest BCUT2D eigenvalue weighted by Gasteiger charge is 2.39. The van der Waals surface area contributed by atoms with Crippen molar-refractivity contribution >= 4 is 5.95 Å². The van der Waals surface area contributed by atoms with E-state index in [2.05, 4.69) is 21.8 Å². The third kappa shape index (κ3) is 3.37. The predicted molar refractivity (Wildman–Crippen MR) is 88.0 cm³/mol. The Bertz CT molecular complexity index is 518. The molecule has 4 unspecified atom stereocenters. The van der Waals surface area contributed by atoms with E-state index in [1.54, 1.807) is 20.3 Å². The minimum absolute atomic E-state index is 0.218. The van der Waals surface area contributed by atoms with E-state index in [9.17, 15) is 5.11 Å². The normalized spacial score (nSPS) is 31.2. The molecule has 6 heteroatoms. The van der Waals surface area contributed by atoms with Crippen molar-refractivity contribution < 1.29 is 14.6 Å². The van der Waals surface area contributed by atoms with Gasteiger partial charge in [0.1, 0.15) is 0 Å². The van der Waals surface area contributed by atoms with Gasteiger partial charge < -0.3 is 19.5 Å². The number of aromatic nitrogens is 2. The van der Waals surface area contributed by atoms with E-state index in [4.69, 9.17) is 9.47 Å². The van der Waals surface area contributed by atoms with Crippen molar-refractivity contribution in [3.05, 3.63) is 6.07 Å². The number of hydrogen-bond acceptors (Lipinski definition) is 6. The molecule has 1 aliphatic carbocycles. The fourth-order valence-corrected chi connectivity index (χ4v) is 4.04. The second-order valence-corrected chi connectivity index (χ2v) is 6.81. The lowest BCUT2D eigenvalue weighted by molar-refractivity contribution is 0.0388. The Morgan fingerprint density at radius 3 is 2.48 bits per heavy atom. The molecular formula is C17H27N3O3. The zero-order valence-electron chi connectivity index (χ0n) is 14.2. The van der Waals surface area contributed by atoms with Crippen molar-refractivity contribution in [2.75, 3.05) is 25.7 Å². The smallest absolute Gasteiger partial charge is 0.232 e. The molecule has 23 heavy (non-hydrogen) atoms. The van der Waals surface area contributed by atoms with Crippen LogP contribution < -0.4 is 14.4 Å². The van der Waals surface area contributed by atoms with Gasteiger partial charge in [-0.3, -0.25) is 0 Å². The van der Waals surface area contributed by atoms with E-state index in [1.165, 1.54) is 0 Å². The van der Waals surface area contributed by atoms with E-state index in [0.29, 0.717) is 35.6 Å².